The first-order chi connectivity index (χ1) is 13.6. The lowest BCUT2D eigenvalue weighted by Gasteiger charge is -2.30. The Labute approximate surface area is 165 Å². The van der Waals surface area contributed by atoms with E-state index in [0.717, 1.165) is 25.9 Å². The van der Waals surface area contributed by atoms with Crippen molar-refractivity contribution in [2.75, 3.05) is 56.7 Å². The molecule has 28 heavy (non-hydrogen) atoms. The second-order valence-corrected chi connectivity index (χ2v) is 7.77. The van der Waals surface area contributed by atoms with Gasteiger partial charge >= 0.3 is 0 Å². The van der Waals surface area contributed by atoms with Gasteiger partial charge in [-0.25, -0.2) is 9.37 Å². The molecule has 150 valence electrons. The smallest absolute Gasteiger partial charge is 0.227 e. The Morgan fingerprint density at radius 3 is 2.61 bits per heavy atom. The van der Waals surface area contributed by atoms with E-state index in [1.165, 1.54) is 17.3 Å². The molecule has 2 aliphatic heterocycles. The van der Waals surface area contributed by atoms with E-state index in [4.69, 9.17) is 4.74 Å². The van der Waals surface area contributed by atoms with E-state index in [1.807, 2.05) is 4.90 Å². The third-order valence-corrected chi connectivity index (χ3v) is 5.40. The Kier molecular flexibility index (Phi) is 5.73. The van der Waals surface area contributed by atoms with E-state index in [2.05, 4.69) is 58.1 Å². The summed E-state index contributed by atoms with van der Waals surface area (Å²) in [6.07, 6.45) is 3.45. The summed E-state index contributed by atoms with van der Waals surface area (Å²) in [5.74, 6) is 0.637. The number of anilines is 2. The molecule has 1 aromatic heterocycles. The zero-order valence-corrected chi connectivity index (χ0v) is 16.6. The lowest BCUT2D eigenvalue weighted by Crippen LogP contribution is -2.38. The Balaban J connectivity index is 1.56. The third kappa shape index (κ3) is 4.10. The summed E-state index contributed by atoms with van der Waals surface area (Å²) in [5, 5.41) is 0. The Morgan fingerprint density at radius 1 is 1.14 bits per heavy atom. The van der Waals surface area contributed by atoms with Crippen LogP contribution in [0.1, 0.15) is 30.0 Å². The number of hydrogen-bond donors (Lipinski definition) is 0. The first-order valence-corrected chi connectivity index (χ1v) is 9.97. The first-order valence-electron chi connectivity index (χ1n) is 9.97. The van der Waals surface area contributed by atoms with Crippen LogP contribution in [0.4, 0.5) is 16.2 Å². The Bertz CT molecular complexity index is 792. The van der Waals surface area contributed by atoms with E-state index in [0.29, 0.717) is 38.1 Å². The van der Waals surface area contributed by atoms with Crippen LogP contribution in [0.15, 0.2) is 30.5 Å². The van der Waals surface area contributed by atoms with Crippen LogP contribution >= 0.6 is 0 Å². The summed E-state index contributed by atoms with van der Waals surface area (Å²) in [5.41, 5.74) is 2.56. The predicted molar refractivity (Wildman–Crippen MR) is 108 cm³/mol. The zero-order chi connectivity index (χ0) is 19.5. The van der Waals surface area contributed by atoms with E-state index in [-0.39, 0.29) is 11.9 Å². The minimum absolute atomic E-state index is 0.233. The highest BCUT2D eigenvalue weighted by Gasteiger charge is 2.29. The molecule has 0 saturated carbocycles. The molecule has 0 N–H and O–H groups in total. The highest BCUT2D eigenvalue weighted by Crippen LogP contribution is 2.35. The fraction of sp³-hybridized carbons (Fsp3) is 0.524. The van der Waals surface area contributed by atoms with Crippen molar-refractivity contribution >= 4 is 11.8 Å². The van der Waals surface area contributed by atoms with Gasteiger partial charge < -0.3 is 19.4 Å². The molecule has 0 amide bonds. The van der Waals surface area contributed by atoms with Crippen molar-refractivity contribution < 1.29 is 9.13 Å². The minimum atomic E-state index is -0.366. The lowest BCUT2D eigenvalue weighted by molar-refractivity contribution is 0.122. The van der Waals surface area contributed by atoms with E-state index < -0.39 is 0 Å². The van der Waals surface area contributed by atoms with Crippen molar-refractivity contribution in [2.45, 2.75) is 25.4 Å². The van der Waals surface area contributed by atoms with Crippen molar-refractivity contribution in [1.29, 1.82) is 0 Å². The van der Waals surface area contributed by atoms with Crippen molar-refractivity contribution in [2.24, 2.45) is 0 Å². The van der Waals surface area contributed by atoms with Crippen LogP contribution in [-0.2, 0) is 11.3 Å². The summed E-state index contributed by atoms with van der Waals surface area (Å²) < 4.78 is 19.8. The highest BCUT2D eigenvalue weighted by molar-refractivity contribution is 5.47. The molecule has 1 atom stereocenters. The minimum Gasteiger partial charge on any atom is -0.378 e. The maximum Gasteiger partial charge on any atom is 0.227 e. The molecular formula is C21H28FN5O. The van der Waals surface area contributed by atoms with Crippen molar-refractivity contribution in [3.05, 3.63) is 47.4 Å². The number of hydrogen-bond acceptors (Lipinski definition) is 6. The van der Waals surface area contributed by atoms with Gasteiger partial charge in [0.15, 0.2) is 11.6 Å². The van der Waals surface area contributed by atoms with Gasteiger partial charge in [-0.1, -0.05) is 24.3 Å². The fourth-order valence-electron chi connectivity index (χ4n) is 4.05. The topological polar surface area (TPSA) is 44.7 Å². The molecule has 6 nitrogen and oxygen atoms in total. The average molecular weight is 385 g/mol. The van der Waals surface area contributed by atoms with Crippen LogP contribution < -0.4 is 9.80 Å². The maximum absolute atomic E-state index is 14.4. The number of morpholine rings is 1. The van der Waals surface area contributed by atoms with Gasteiger partial charge in [0.1, 0.15) is 0 Å². The lowest BCUT2D eigenvalue weighted by atomic mass is 10.0. The molecular weight excluding hydrogens is 357 g/mol. The average Bonchev–Trinajstić information content (AvgIpc) is 3.19. The van der Waals surface area contributed by atoms with Crippen molar-refractivity contribution in [3.8, 4) is 0 Å². The molecule has 0 bridgehead atoms. The summed E-state index contributed by atoms with van der Waals surface area (Å²) in [6.45, 7) is 4.33. The van der Waals surface area contributed by atoms with Gasteiger partial charge in [0, 0.05) is 26.2 Å². The largest absolute Gasteiger partial charge is 0.378 e. The van der Waals surface area contributed by atoms with Crippen LogP contribution in [0, 0.1) is 5.82 Å². The normalized spacial score (nSPS) is 20.2. The van der Waals surface area contributed by atoms with Gasteiger partial charge in [-0.15, -0.1) is 0 Å². The van der Waals surface area contributed by atoms with E-state index in [1.54, 1.807) is 0 Å². The standard InChI is InChI=1S/C21H28FN5O/c1-25(2)15-16-5-7-17(8-6-16)19-4-3-9-27(19)21-23-14-18(22)20(24-21)26-10-12-28-13-11-26/h5-8,14,19H,3-4,9-13,15H2,1-2H3. The molecule has 2 fully saturated rings. The molecule has 0 spiro atoms. The molecule has 3 heterocycles. The Hall–Kier alpha value is -2.25. The van der Waals surface area contributed by atoms with Crippen LogP contribution in [0.5, 0.6) is 0 Å². The van der Waals surface area contributed by atoms with Crippen LogP contribution in [0.25, 0.3) is 0 Å². The van der Waals surface area contributed by atoms with Gasteiger partial charge in [0.2, 0.25) is 5.95 Å². The second kappa shape index (κ2) is 8.41. The molecule has 7 heteroatoms. The number of benzene rings is 1. The molecule has 2 saturated heterocycles. The molecule has 0 aliphatic carbocycles. The number of halogens is 1. The molecule has 1 aromatic carbocycles. The summed E-state index contributed by atoms with van der Waals surface area (Å²) in [4.78, 5) is 15.3. The highest BCUT2D eigenvalue weighted by atomic mass is 19.1. The van der Waals surface area contributed by atoms with Gasteiger partial charge in [-0.05, 0) is 38.1 Å². The van der Waals surface area contributed by atoms with Crippen molar-refractivity contribution in [3.63, 3.8) is 0 Å². The SMILES string of the molecule is CN(C)Cc1ccc(C2CCCN2c2ncc(F)c(N3CCOCC3)n2)cc1. The molecule has 2 aliphatic rings. The molecule has 2 aromatic rings. The fourth-order valence-corrected chi connectivity index (χ4v) is 4.05. The van der Waals surface area contributed by atoms with Gasteiger partial charge in [-0.3, -0.25) is 0 Å². The van der Waals surface area contributed by atoms with Crippen LogP contribution in [-0.4, -0.2) is 61.8 Å². The quantitative estimate of drug-likeness (QED) is 0.789. The number of rotatable bonds is 5. The van der Waals surface area contributed by atoms with Crippen LogP contribution in [0.3, 0.4) is 0 Å². The Morgan fingerprint density at radius 2 is 1.89 bits per heavy atom. The number of nitrogens with zero attached hydrogens (tertiary/aromatic N) is 5. The van der Waals surface area contributed by atoms with Crippen molar-refractivity contribution in [1.82, 2.24) is 14.9 Å². The number of aromatic nitrogens is 2. The zero-order valence-electron chi connectivity index (χ0n) is 16.6. The van der Waals surface area contributed by atoms with Gasteiger partial charge in [0.05, 0.1) is 25.5 Å². The van der Waals surface area contributed by atoms with Crippen LogP contribution in [0.2, 0.25) is 0 Å². The first kappa shape index (κ1) is 19.1. The monoisotopic (exact) mass is 385 g/mol. The molecule has 0 radical (unpaired) electrons. The molecule has 4 rings (SSSR count). The maximum atomic E-state index is 14.4. The van der Waals surface area contributed by atoms with E-state index >= 15 is 0 Å². The van der Waals surface area contributed by atoms with Gasteiger partial charge in [0.25, 0.3) is 0 Å². The number of ether oxygens (including phenoxy) is 1. The second-order valence-electron chi connectivity index (χ2n) is 7.77. The predicted octanol–water partition coefficient (Wildman–Crippen LogP) is 2.86. The van der Waals surface area contributed by atoms with Gasteiger partial charge in [-0.2, -0.15) is 4.98 Å². The summed E-state index contributed by atoms with van der Waals surface area (Å²) in [7, 11) is 4.15. The molecule has 1 unspecified atom stereocenters. The third-order valence-electron chi connectivity index (χ3n) is 5.40. The van der Waals surface area contributed by atoms with E-state index in [9.17, 15) is 4.39 Å². The summed E-state index contributed by atoms with van der Waals surface area (Å²) in [6, 6.07) is 9.02. The summed E-state index contributed by atoms with van der Waals surface area (Å²) >= 11 is 0.